The third-order valence-corrected chi connectivity index (χ3v) is 1.69. The zero-order chi connectivity index (χ0) is 10.1. The molecule has 0 saturated carbocycles. The molecule has 0 fully saturated rings. The van der Waals surface area contributed by atoms with Crippen molar-refractivity contribution < 1.29 is 13.2 Å². The lowest BCUT2D eigenvalue weighted by Gasteiger charge is -2.13. The van der Waals surface area contributed by atoms with Gasteiger partial charge in [0.15, 0.2) is 0 Å². The number of nitrogens with zero attached hydrogens (tertiary/aromatic N) is 2. The molecule has 0 aliphatic carbocycles. The standard InChI is InChI=1S/C7H10F3N3/c1-13-4-12-3-6(13)5(11)2-7(8,9)10/h3-5H,2,11H2,1H3/t5-/m1/s1. The number of aryl methyl sites for hydroxylation is 1. The minimum Gasteiger partial charge on any atom is -0.336 e. The fourth-order valence-corrected chi connectivity index (χ4v) is 1.08. The van der Waals surface area contributed by atoms with E-state index in [9.17, 15) is 13.2 Å². The van der Waals surface area contributed by atoms with Crippen molar-refractivity contribution in [1.82, 2.24) is 9.55 Å². The van der Waals surface area contributed by atoms with E-state index in [2.05, 4.69) is 4.98 Å². The Kier molecular flexibility index (Phi) is 2.60. The molecule has 0 aliphatic heterocycles. The summed E-state index contributed by atoms with van der Waals surface area (Å²) in [5, 5.41) is 0. The molecule has 1 aromatic heterocycles. The maximum Gasteiger partial charge on any atom is 0.390 e. The molecule has 6 heteroatoms. The largest absolute Gasteiger partial charge is 0.390 e. The highest BCUT2D eigenvalue weighted by atomic mass is 19.4. The van der Waals surface area contributed by atoms with E-state index in [0.717, 1.165) is 0 Å². The molecule has 0 amide bonds. The first-order valence-electron chi connectivity index (χ1n) is 3.68. The maximum absolute atomic E-state index is 11.9. The molecular weight excluding hydrogens is 183 g/mol. The zero-order valence-corrected chi connectivity index (χ0v) is 7.04. The lowest BCUT2D eigenvalue weighted by atomic mass is 10.1. The molecule has 2 N–H and O–H groups in total. The number of imidazole rings is 1. The van der Waals surface area contributed by atoms with Crippen molar-refractivity contribution in [3.8, 4) is 0 Å². The van der Waals surface area contributed by atoms with Crippen LogP contribution in [0, 0.1) is 0 Å². The highest BCUT2D eigenvalue weighted by molar-refractivity contribution is 5.04. The smallest absolute Gasteiger partial charge is 0.336 e. The Morgan fingerprint density at radius 1 is 1.62 bits per heavy atom. The summed E-state index contributed by atoms with van der Waals surface area (Å²) in [6, 6.07) is -1.03. The summed E-state index contributed by atoms with van der Waals surface area (Å²) in [6.45, 7) is 0. The van der Waals surface area contributed by atoms with Gasteiger partial charge in [-0.15, -0.1) is 0 Å². The number of nitrogens with two attached hydrogens (primary N) is 1. The van der Waals surface area contributed by atoms with Crippen molar-refractivity contribution in [3.05, 3.63) is 18.2 Å². The molecule has 0 radical (unpaired) electrons. The number of alkyl halides is 3. The van der Waals surface area contributed by atoms with Gasteiger partial charge in [-0.05, 0) is 0 Å². The number of halogens is 3. The number of hydrogen-bond donors (Lipinski definition) is 1. The van der Waals surface area contributed by atoms with Crippen LogP contribution in [0.3, 0.4) is 0 Å². The van der Waals surface area contributed by atoms with Gasteiger partial charge in [0.05, 0.1) is 24.5 Å². The summed E-state index contributed by atoms with van der Waals surface area (Å²) in [6.07, 6.45) is -2.49. The average molecular weight is 193 g/mol. The van der Waals surface area contributed by atoms with Gasteiger partial charge in [-0.25, -0.2) is 4.98 Å². The second-order valence-corrected chi connectivity index (χ2v) is 2.86. The van der Waals surface area contributed by atoms with Gasteiger partial charge in [-0.1, -0.05) is 0 Å². The fraction of sp³-hybridized carbons (Fsp3) is 0.571. The first-order valence-corrected chi connectivity index (χ1v) is 3.68. The topological polar surface area (TPSA) is 43.8 Å². The molecule has 1 rings (SSSR count). The first kappa shape index (κ1) is 10.0. The maximum atomic E-state index is 11.9. The van der Waals surface area contributed by atoms with Crippen molar-refractivity contribution >= 4 is 0 Å². The Balaban J connectivity index is 2.69. The molecular formula is C7H10F3N3. The van der Waals surface area contributed by atoms with Crippen molar-refractivity contribution in [3.63, 3.8) is 0 Å². The molecule has 13 heavy (non-hydrogen) atoms. The summed E-state index contributed by atoms with van der Waals surface area (Å²) < 4.78 is 37.2. The van der Waals surface area contributed by atoms with Gasteiger partial charge < -0.3 is 10.3 Å². The number of hydrogen-bond acceptors (Lipinski definition) is 2. The Morgan fingerprint density at radius 2 is 2.23 bits per heavy atom. The molecule has 1 atom stereocenters. The molecule has 0 bridgehead atoms. The quantitative estimate of drug-likeness (QED) is 0.770. The van der Waals surface area contributed by atoms with Gasteiger partial charge in [0.25, 0.3) is 0 Å². The van der Waals surface area contributed by atoms with Crippen LogP contribution in [0.25, 0.3) is 0 Å². The van der Waals surface area contributed by atoms with Crippen LogP contribution < -0.4 is 5.73 Å². The normalized spacial score (nSPS) is 14.5. The molecule has 3 nitrogen and oxygen atoms in total. The lowest BCUT2D eigenvalue weighted by molar-refractivity contribution is -0.138. The summed E-state index contributed by atoms with van der Waals surface area (Å²) >= 11 is 0. The van der Waals surface area contributed by atoms with E-state index in [4.69, 9.17) is 5.73 Å². The van der Waals surface area contributed by atoms with E-state index < -0.39 is 18.6 Å². The Bertz CT molecular complexity index is 279. The molecule has 1 heterocycles. The van der Waals surface area contributed by atoms with Crippen LogP contribution >= 0.6 is 0 Å². The predicted molar refractivity (Wildman–Crippen MR) is 40.8 cm³/mol. The van der Waals surface area contributed by atoms with E-state index in [1.807, 2.05) is 0 Å². The van der Waals surface area contributed by atoms with E-state index in [1.165, 1.54) is 17.1 Å². The van der Waals surface area contributed by atoms with Crippen molar-refractivity contribution in [2.24, 2.45) is 12.8 Å². The van der Waals surface area contributed by atoms with E-state index in [-0.39, 0.29) is 0 Å². The average Bonchev–Trinajstić information content (AvgIpc) is 2.30. The molecule has 0 aromatic carbocycles. The summed E-state index contributed by atoms with van der Waals surface area (Å²) in [5.41, 5.74) is 5.73. The van der Waals surface area contributed by atoms with Gasteiger partial charge >= 0.3 is 6.18 Å². The van der Waals surface area contributed by atoms with Crippen LogP contribution in [0.2, 0.25) is 0 Å². The van der Waals surface area contributed by atoms with E-state index >= 15 is 0 Å². The minimum atomic E-state index is -4.23. The SMILES string of the molecule is Cn1cncc1[C@H](N)CC(F)(F)F. The van der Waals surface area contributed by atoms with E-state index in [0.29, 0.717) is 5.69 Å². The second-order valence-electron chi connectivity index (χ2n) is 2.86. The lowest BCUT2D eigenvalue weighted by Crippen LogP contribution is -2.21. The van der Waals surface area contributed by atoms with Gasteiger partial charge in [0.1, 0.15) is 0 Å². The van der Waals surface area contributed by atoms with Crippen LogP contribution in [-0.4, -0.2) is 15.7 Å². The summed E-state index contributed by atoms with van der Waals surface area (Å²) in [4.78, 5) is 3.69. The Hall–Kier alpha value is -1.04. The van der Waals surface area contributed by atoms with Crippen LogP contribution in [-0.2, 0) is 7.05 Å². The van der Waals surface area contributed by atoms with Crippen molar-refractivity contribution in [1.29, 1.82) is 0 Å². The summed E-state index contributed by atoms with van der Waals surface area (Å²) in [5.74, 6) is 0. The molecule has 0 aliphatic rings. The Labute approximate surface area is 73.4 Å². The highest BCUT2D eigenvalue weighted by Gasteiger charge is 2.31. The fourth-order valence-electron chi connectivity index (χ4n) is 1.08. The third-order valence-electron chi connectivity index (χ3n) is 1.69. The number of rotatable bonds is 2. The first-order chi connectivity index (χ1) is 5.90. The van der Waals surface area contributed by atoms with Crippen molar-refractivity contribution in [2.45, 2.75) is 18.6 Å². The third kappa shape index (κ3) is 2.73. The van der Waals surface area contributed by atoms with Crippen LogP contribution in [0.5, 0.6) is 0 Å². The van der Waals surface area contributed by atoms with Gasteiger partial charge in [0, 0.05) is 13.2 Å². The van der Waals surface area contributed by atoms with Crippen LogP contribution in [0.1, 0.15) is 18.2 Å². The molecule has 0 spiro atoms. The van der Waals surface area contributed by atoms with Gasteiger partial charge in [-0.2, -0.15) is 13.2 Å². The molecule has 1 aromatic rings. The molecule has 0 saturated heterocycles. The van der Waals surface area contributed by atoms with Crippen LogP contribution in [0.15, 0.2) is 12.5 Å². The van der Waals surface area contributed by atoms with Gasteiger partial charge in [0.2, 0.25) is 0 Å². The summed E-state index contributed by atoms with van der Waals surface area (Å²) in [7, 11) is 1.61. The van der Waals surface area contributed by atoms with Gasteiger partial charge in [-0.3, -0.25) is 0 Å². The molecule has 0 unspecified atom stereocenters. The predicted octanol–water partition coefficient (Wildman–Crippen LogP) is 1.37. The minimum absolute atomic E-state index is 0.386. The second kappa shape index (κ2) is 3.37. The zero-order valence-electron chi connectivity index (χ0n) is 7.04. The van der Waals surface area contributed by atoms with E-state index in [1.54, 1.807) is 7.05 Å². The monoisotopic (exact) mass is 193 g/mol. The number of aromatic nitrogens is 2. The highest BCUT2D eigenvalue weighted by Crippen LogP contribution is 2.27. The Morgan fingerprint density at radius 3 is 2.62 bits per heavy atom. The van der Waals surface area contributed by atoms with Crippen molar-refractivity contribution in [2.75, 3.05) is 0 Å². The van der Waals surface area contributed by atoms with Crippen LogP contribution in [0.4, 0.5) is 13.2 Å². The molecule has 74 valence electrons.